The molecule has 310 valence electrons. The van der Waals surface area contributed by atoms with E-state index in [1.165, 1.54) is 25.7 Å². The Morgan fingerprint density at radius 2 is 1.09 bits per heavy atom. The first kappa shape index (κ1) is 51.2. The first-order valence-electron chi connectivity index (χ1n) is 20.3. The Morgan fingerprint density at radius 3 is 1.67 bits per heavy atom. The molecule has 54 heavy (non-hydrogen) atoms. The molecular formula is C42H72NO10P. The molecule has 0 bridgehead atoms. The lowest BCUT2D eigenvalue weighted by atomic mass is 10.1. The van der Waals surface area contributed by atoms with E-state index >= 15 is 0 Å². The Balaban J connectivity index is 4.47. The molecule has 0 aromatic heterocycles. The maximum Gasteiger partial charge on any atom is 0.472 e. The van der Waals surface area contributed by atoms with Crippen LogP contribution in [0.1, 0.15) is 155 Å². The predicted molar refractivity (Wildman–Crippen MR) is 217 cm³/mol. The minimum Gasteiger partial charge on any atom is -0.480 e. The van der Waals surface area contributed by atoms with Crippen LogP contribution in [0.4, 0.5) is 0 Å². The van der Waals surface area contributed by atoms with Crippen LogP contribution >= 0.6 is 7.82 Å². The average Bonchev–Trinajstić information content (AvgIpc) is 3.14. The molecule has 0 aliphatic carbocycles. The topological polar surface area (TPSA) is 172 Å². The Labute approximate surface area is 326 Å². The van der Waals surface area contributed by atoms with Crippen LogP contribution < -0.4 is 5.73 Å². The Morgan fingerprint density at radius 1 is 0.611 bits per heavy atom. The molecule has 0 saturated heterocycles. The molecule has 0 radical (unpaired) electrons. The number of carboxylic acid groups (broad SMARTS) is 1. The van der Waals surface area contributed by atoms with Gasteiger partial charge in [0, 0.05) is 12.8 Å². The van der Waals surface area contributed by atoms with Crippen molar-refractivity contribution in [2.75, 3.05) is 19.8 Å². The van der Waals surface area contributed by atoms with Crippen LogP contribution in [0.15, 0.2) is 60.8 Å². The molecule has 0 aliphatic rings. The van der Waals surface area contributed by atoms with Crippen molar-refractivity contribution < 1.29 is 47.5 Å². The molecule has 0 aromatic carbocycles. The highest BCUT2D eigenvalue weighted by molar-refractivity contribution is 7.47. The molecule has 0 aromatic rings. The summed E-state index contributed by atoms with van der Waals surface area (Å²) >= 11 is 0. The van der Waals surface area contributed by atoms with E-state index in [1.807, 2.05) is 0 Å². The predicted octanol–water partition coefficient (Wildman–Crippen LogP) is 10.4. The lowest BCUT2D eigenvalue weighted by molar-refractivity contribution is -0.161. The monoisotopic (exact) mass is 781 g/mol. The fraction of sp³-hybridized carbons (Fsp3) is 0.690. The van der Waals surface area contributed by atoms with Gasteiger partial charge in [0.25, 0.3) is 0 Å². The maximum atomic E-state index is 12.6. The zero-order chi connectivity index (χ0) is 40.0. The van der Waals surface area contributed by atoms with Crippen molar-refractivity contribution in [1.82, 2.24) is 0 Å². The van der Waals surface area contributed by atoms with Gasteiger partial charge in [-0.15, -0.1) is 0 Å². The molecule has 0 heterocycles. The molecule has 0 saturated carbocycles. The van der Waals surface area contributed by atoms with E-state index in [1.54, 1.807) is 0 Å². The average molecular weight is 782 g/mol. The lowest BCUT2D eigenvalue weighted by Crippen LogP contribution is -2.34. The summed E-state index contributed by atoms with van der Waals surface area (Å²) in [5.41, 5.74) is 5.32. The molecule has 0 spiro atoms. The molecule has 12 heteroatoms. The molecule has 0 amide bonds. The number of rotatable bonds is 37. The number of carbonyl (C=O) groups is 3. The highest BCUT2D eigenvalue weighted by Gasteiger charge is 2.28. The minimum absolute atomic E-state index is 0.135. The van der Waals surface area contributed by atoms with E-state index in [4.69, 9.17) is 24.8 Å². The van der Waals surface area contributed by atoms with Gasteiger partial charge < -0.3 is 25.2 Å². The van der Waals surface area contributed by atoms with E-state index in [9.17, 15) is 23.8 Å². The van der Waals surface area contributed by atoms with Crippen LogP contribution in [0, 0.1) is 0 Å². The number of ether oxygens (including phenoxy) is 2. The number of nitrogens with two attached hydrogens (primary N) is 1. The van der Waals surface area contributed by atoms with Crippen LogP contribution in [-0.4, -0.2) is 59.9 Å². The summed E-state index contributed by atoms with van der Waals surface area (Å²) in [5, 5.41) is 8.87. The zero-order valence-corrected chi connectivity index (χ0v) is 34.2. The molecule has 4 N–H and O–H groups in total. The SMILES string of the molecule is CC/C=C/C/C=C/C/C=C/CCCCCCCC(=O)O[C@H](COC(=O)CCCCCCC/C=C/C=C/CCCCCC)COP(=O)(O)OC[C@H](N)C(=O)O. The summed E-state index contributed by atoms with van der Waals surface area (Å²) in [6.07, 6.45) is 41.4. The van der Waals surface area contributed by atoms with Gasteiger partial charge in [-0.1, -0.05) is 132 Å². The van der Waals surface area contributed by atoms with Gasteiger partial charge in [0.1, 0.15) is 12.6 Å². The number of hydrogen-bond donors (Lipinski definition) is 3. The van der Waals surface area contributed by atoms with Gasteiger partial charge in [0.2, 0.25) is 0 Å². The fourth-order valence-electron chi connectivity index (χ4n) is 5.07. The van der Waals surface area contributed by atoms with E-state index in [0.29, 0.717) is 12.8 Å². The Bertz CT molecular complexity index is 1150. The van der Waals surface area contributed by atoms with Crippen LogP contribution in [-0.2, 0) is 37.5 Å². The van der Waals surface area contributed by atoms with Crippen molar-refractivity contribution in [3.05, 3.63) is 60.8 Å². The fourth-order valence-corrected chi connectivity index (χ4v) is 5.85. The Hall–Kier alpha value is -2.82. The molecule has 0 rings (SSSR count). The highest BCUT2D eigenvalue weighted by atomic mass is 31.2. The molecule has 0 aliphatic heterocycles. The number of carbonyl (C=O) groups excluding carboxylic acids is 2. The summed E-state index contributed by atoms with van der Waals surface area (Å²) in [7, 11) is -4.72. The first-order valence-corrected chi connectivity index (χ1v) is 21.8. The summed E-state index contributed by atoms with van der Waals surface area (Å²) in [6, 6.07) is -1.53. The number of hydrogen-bond acceptors (Lipinski definition) is 9. The van der Waals surface area contributed by atoms with E-state index < -0.39 is 51.1 Å². The van der Waals surface area contributed by atoms with Crippen LogP contribution in [0.25, 0.3) is 0 Å². The van der Waals surface area contributed by atoms with Crippen molar-refractivity contribution >= 4 is 25.7 Å². The van der Waals surface area contributed by atoms with Gasteiger partial charge in [0.05, 0.1) is 13.2 Å². The number of allylic oxidation sites excluding steroid dienone is 10. The minimum atomic E-state index is -4.72. The maximum absolute atomic E-state index is 12.6. The van der Waals surface area contributed by atoms with Crippen molar-refractivity contribution in [2.45, 2.75) is 167 Å². The number of unbranched alkanes of at least 4 members (excludes halogenated alkanes) is 14. The Kier molecular flexibility index (Phi) is 35.2. The smallest absolute Gasteiger partial charge is 0.472 e. The van der Waals surface area contributed by atoms with Crippen LogP contribution in [0.5, 0.6) is 0 Å². The van der Waals surface area contributed by atoms with Gasteiger partial charge >= 0.3 is 25.7 Å². The molecule has 1 unspecified atom stereocenters. The number of aliphatic carboxylic acids is 1. The lowest BCUT2D eigenvalue weighted by Gasteiger charge is -2.20. The molecule has 0 fully saturated rings. The first-order chi connectivity index (χ1) is 26.1. The van der Waals surface area contributed by atoms with Crippen LogP contribution in [0.3, 0.4) is 0 Å². The normalized spacial score (nSPS) is 14.4. The van der Waals surface area contributed by atoms with Gasteiger partial charge in [-0.3, -0.25) is 23.4 Å². The third-order valence-electron chi connectivity index (χ3n) is 8.28. The number of phosphoric acid groups is 1. The molecule has 3 atom stereocenters. The summed E-state index contributed by atoms with van der Waals surface area (Å²) in [5.74, 6) is -2.43. The zero-order valence-electron chi connectivity index (χ0n) is 33.3. The second kappa shape index (κ2) is 37.1. The molecule has 11 nitrogen and oxygen atoms in total. The summed E-state index contributed by atoms with van der Waals surface area (Å²) in [4.78, 5) is 45.8. The third kappa shape index (κ3) is 36.2. The number of phosphoric ester groups is 1. The van der Waals surface area contributed by atoms with Crippen molar-refractivity contribution in [3.8, 4) is 0 Å². The summed E-state index contributed by atoms with van der Waals surface area (Å²) < 4.78 is 32.6. The number of esters is 2. The second-order valence-electron chi connectivity index (χ2n) is 13.4. The quantitative estimate of drug-likeness (QED) is 0.0180. The molecular weight excluding hydrogens is 709 g/mol. The highest BCUT2D eigenvalue weighted by Crippen LogP contribution is 2.43. The summed E-state index contributed by atoms with van der Waals surface area (Å²) in [6.45, 7) is 2.61. The van der Waals surface area contributed by atoms with Crippen molar-refractivity contribution in [3.63, 3.8) is 0 Å². The van der Waals surface area contributed by atoms with Gasteiger partial charge in [0.15, 0.2) is 6.10 Å². The van der Waals surface area contributed by atoms with E-state index in [0.717, 1.165) is 89.9 Å². The van der Waals surface area contributed by atoms with Gasteiger partial charge in [-0.2, -0.15) is 0 Å². The van der Waals surface area contributed by atoms with E-state index in [-0.39, 0.29) is 19.4 Å². The van der Waals surface area contributed by atoms with Gasteiger partial charge in [-0.05, 0) is 70.6 Å². The van der Waals surface area contributed by atoms with Gasteiger partial charge in [-0.25, -0.2) is 4.57 Å². The van der Waals surface area contributed by atoms with Crippen LogP contribution in [0.2, 0.25) is 0 Å². The second-order valence-corrected chi connectivity index (χ2v) is 14.9. The van der Waals surface area contributed by atoms with Crippen molar-refractivity contribution in [2.24, 2.45) is 5.73 Å². The largest absolute Gasteiger partial charge is 0.480 e. The third-order valence-corrected chi connectivity index (χ3v) is 9.23. The van der Waals surface area contributed by atoms with E-state index in [2.05, 4.69) is 79.1 Å². The van der Waals surface area contributed by atoms with Crippen molar-refractivity contribution in [1.29, 1.82) is 0 Å². The standard InChI is InChI=1S/C42H72NO10P/c1-3-5-7-9-11-13-15-17-19-21-23-25-27-29-31-33-40(44)50-35-38(36-51-54(48,49)52-37-39(43)42(46)47)53-41(45)34-32-30-28-26-24-22-20-18-16-14-12-10-8-6-4-2/h6,8,12-15,17-20,38-39H,3-5,7,9-11,16,21-37,43H2,1-2H3,(H,46,47)(H,48,49)/b8-6+,14-12+,15-13+,19-17+,20-18+/t38-,39+/m1/s1. The number of carboxylic acids is 1.